The molecule has 0 bridgehead atoms. The van der Waals surface area contributed by atoms with Gasteiger partial charge in [0.25, 0.3) is 5.91 Å². The SMILES string of the molecule is O=C(c1cc(F)ccc1Br)N1CCN(c2ncccn2)CC1. The van der Waals surface area contributed by atoms with Crippen LogP contribution < -0.4 is 4.90 Å². The lowest BCUT2D eigenvalue weighted by Crippen LogP contribution is -2.49. The number of anilines is 1. The number of rotatable bonds is 2. The smallest absolute Gasteiger partial charge is 0.255 e. The summed E-state index contributed by atoms with van der Waals surface area (Å²) in [6.45, 7) is 2.42. The van der Waals surface area contributed by atoms with E-state index in [9.17, 15) is 9.18 Å². The van der Waals surface area contributed by atoms with Crippen molar-refractivity contribution in [1.82, 2.24) is 14.9 Å². The van der Waals surface area contributed by atoms with Crippen LogP contribution in [-0.4, -0.2) is 47.0 Å². The van der Waals surface area contributed by atoms with Crippen LogP contribution in [0.4, 0.5) is 10.3 Å². The Morgan fingerprint density at radius 2 is 1.82 bits per heavy atom. The van der Waals surface area contributed by atoms with Gasteiger partial charge >= 0.3 is 0 Å². The quantitative estimate of drug-likeness (QED) is 0.820. The number of carbonyl (C=O) groups is 1. The molecular weight excluding hydrogens is 351 g/mol. The summed E-state index contributed by atoms with van der Waals surface area (Å²) in [5.41, 5.74) is 0.351. The molecule has 0 saturated carbocycles. The van der Waals surface area contributed by atoms with Gasteiger partial charge in [-0.3, -0.25) is 4.79 Å². The second kappa shape index (κ2) is 6.39. The maximum atomic E-state index is 13.3. The number of piperazine rings is 1. The molecule has 1 aromatic heterocycles. The van der Waals surface area contributed by atoms with Gasteiger partial charge in [-0.15, -0.1) is 0 Å². The first-order valence-corrected chi connectivity index (χ1v) is 7.71. The summed E-state index contributed by atoms with van der Waals surface area (Å²) in [5.74, 6) is 0.0874. The Morgan fingerprint density at radius 1 is 1.14 bits per heavy atom. The number of amides is 1. The summed E-state index contributed by atoms with van der Waals surface area (Å²) in [4.78, 5) is 24.7. The monoisotopic (exact) mass is 364 g/mol. The molecule has 1 fully saturated rings. The van der Waals surface area contributed by atoms with E-state index >= 15 is 0 Å². The highest BCUT2D eigenvalue weighted by Crippen LogP contribution is 2.21. The first-order chi connectivity index (χ1) is 10.6. The largest absolute Gasteiger partial charge is 0.337 e. The zero-order chi connectivity index (χ0) is 15.5. The topological polar surface area (TPSA) is 49.3 Å². The molecule has 2 heterocycles. The van der Waals surface area contributed by atoms with Crippen LogP contribution in [0.25, 0.3) is 0 Å². The van der Waals surface area contributed by atoms with Crippen LogP contribution >= 0.6 is 15.9 Å². The Morgan fingerprint density at radius 3 is 2.50 bits per heavy atom. The van der Waals surface area contributed by atoms with Crippen LogP contribution in [-0.2, 0) is 0 Å². The van der Waals surface area contributed by atoms with E-state index < -0.39 is 5.82 Å². The van der Waals surface area contributed by atoms with Gasteiger partial charge in [0, 0.05) is 43.0 Å². The van der Waals surface area contributed by atoms with Gasteiger partial charge in [0.15, 0.2) is 0 Å². The fraction of sp³-hybridized carbons (Fsp3) is 0.267. The Bertz CT molecular complexity index is 674. The molecule has 3 rings (SSSR count). The van der Waals surface area contributed by atoms with Gasteiger partial charge in [0.1, 0.15) is 5.82 Å². The lowest BCUT2D eigenvalue weighted by atomic mass is 10.1. The Balaban J connectivity index is 1.68. The van der Waals surface area contributed by atoms with Crippen molar-refractivity contribution in [3.63, 3.8) is 0 Å². The van der Waals surface area contributed by atoms with E-state index in [2.05, 4.69) is 25.9 Å². The molecule has 1 aromatic carbocycles. The Labute approximate surface area is 135 Å². The van der Waals surface area contributed by atoms with Gasteiger partial charge in [-0.2, -0.15) is 0 Å². The Kier molecular flexibility index (Phi) is 4.33. The Hall–Kier alpha value is -2.02. The number of aromatic nitrogens is 2. The predicted octanol–water partition coefficient (Wildman–Crippen LogP) is 2.34. The highest BCUT2D eigenvalue weighted by molar-refractivity contribution is 9.10. The van der Waals surface area contributed by atoms with Crippen molar-refractivity contribution < 1.29 is 9.18 Å². The van der Waals surface area contributed by atoms with E-state index in [0.717, 1.165) is 0 Å². The van der Waals surface area contributed by atoms with Crippen molar-refractivity contribution >= 4 is 27.8 Å². The molecule has 0 unspecified atom stereocenters. The first kappa shape index (κ1) is 14.9. The molecule has 5 nitrogen and oxygen atoms in total. The molecule has 1 saturated heterocycles. The van der Waals surface area contributed by atoms with Crippen molar-refractivity contribution in [2.24, 2.45) is 0 Å². The lowest BCUT2D eigenvalue weighted by Gasteiger charge is -2.34. The molecule has 0 spiro atoms. The molecule has 0 radical (unpaired) electrons. The van der Waals surface area contributed by atoms with Crippen molar-refractivity contribution in [2.45, 2.75) is 0 Å². The van der Waals surface area contributed by atoms with Gasteiger partial charge in [-0.1, -0.05) is 0 Å². The first-order valence-electron chi connectivity index (χ1n) is 6.91. The molecular formula is C15H14BrFN4O. The van der Waals surface area contributed by atoms with Crippen LogP contribution in [0.5, 0.6) is 0 Å². The van der Waals surface area contributed by atoms with Crippen molar-refractivity contribution in [3.8, 4) is 0 Å². The summed E-state index contributed by atoms with van der Waals surface area (Å²) in [6, 6.07) is 5.91. The van der Waals surface area contributed by atoms with Crippen LogP contribution in [0.1, 0.15) is 10.4 Å². The summed E-state index contributed by atoms with van der Waals surface area (Å²) in [6.07, 6.45) is 3.40. The van der Waals surface area contributed by atoms with Gasteiger partial charge in [-0.25, -0.2) is 14.4 Å². The van der Waals surface area contributed by atoms with Crippen LogP contribution in [0, 0.1) is 5.82 Å². The van der Waals surface area contributed by atoms with E-state index in [-0.39, 0.29) is 5.91 Å². The minimum Gasteiger partial charge on any atom is -0.337 e. The second-order valence-corrected chi connectivity index (χ2v) is 5.81. The van der Waals surface area contributed by atoms with Gasteiger partial charge in [-0.05, 0) is 40.2 Å². The molecule has 0 aliphatic carbocycles. The molecule has 0 atom stereocenters. The predicted molar refractivity (Wildman–Crippen MR) is 84.2 cm³/mol. The number of benzene rings is 1. The molecule has 22 heavy (non-hydrogen) atoms. The van der Waals surface area contributed by atoms with E-state index in [1.165, 1.54) is 12.1 Å². The van der Waals surface area contributed by atoms with E-state index in [1.807, 2.05) is 4.90 Å². The maximum absolute atomic E-state index is 13.3. The summed E-state index contributed by atoms with van der Waals surface area (Å²) >= 11 is 3.30. The zero-order valence-electron chi connectivity index (χ0n) is 11.7. The van der Waals surface area contributed by atoms with Gasteiger partial charge in [0.05, 0.1) is 5.56 Å². The molecule has 1 aliphatic heterocycles. The molecule has 1 amide bonds. The zero-order valence-corrected chi connectivity index (χ0v) is 13.3. The van der Waals surface area contributed by atoms with Crippen LogP contribution in [0.15, 0.2) is 41.1 Å². The van der Waals surface area contributed by atoms with Crippen molar-refractivity contribution in [2.75, 3.05) is 31.1 Å². The normalized spacial score (nSPS) is 15.0. The number of hydrogen-bond acceptors (Lipinski definition) is 4. The highest BCUT2D eigenvalue weighted by atomic mass is 79.9. The van der Waals surface area contributed by atoms with Crippen LogP contribution in [0.2, 0.25) is 0 Å². The maximum Gasteiger partial charge on any atom is 0.255 e. The van der Waals surface area contributed by atoms with Crippen molar-refractivity contribution in [3.05, 3.63) is 52.5 Å². The van der Waals surface area contributed by atoms with E-state index in [1.54, 1.807) is 29.4 Å². The number of carbonyl (C=O) groups excluding carboxylic acids is 1. The molecule has 0 N–H and O–H groups in total. The molecule has 114 valence electrons. The lowest BCUT2D eigenvalue weighted by molar-refractivity contribution is 0.0745. The van der Waals surface area contributed by atoms with Gasteiger partial charge in [0.2, 0.25) is 5.95 Å². The van der Waals surface area contributed by atoms with E-state index in [4.69, 9.17) is 0 Å². The minimum atomic E-state index is -0.414. The van der Waals surface area contributed by atoms with Crippen LogP contribution in [0.3, 0.4) is 0 Å². The standard InChI is InChI=1S/C15H14BrFN4O/c16-13-3-2-11(17)10-12(13)14(22)20-6-8-21(9-7-20)15-18-4-1-5-19-15/h1-5,10H,6-9H2. The average molecular weight is 365 g/mol. The molecule has 7 heteroatoms. The summed E-state index contributed by atoms with van der Waals surface area (Å²) in [5, 5.41) is 0. The fourth-order valence-electron chi connectivity index (χ4n) is 2.40. The molecule has 2 aromatic rings. The second-order valence-electron chi connectivity index (χ2n) is 4.95. The summed E-state index contributed by atoms with van der Waals surface area (Å²) < 4.78 is 13.9. The number of halogens is 2. The number of nitrogens with zero attached hydrogens (tertiary/aromatic N) is 4. The van der Waals surface area contributed by atoms with Gasteiger partial charge < -0.3 is 9.80 Å². The summed E-state index contributed by atoms with van der Waals surface area (Å²) in [7, 11) is 0. The minimum absolute atomic E-state index is 0.167. The molecule has 1 aliphatic rings. The van der Waals surface area contributed by atoms with Crippen molar-refractivity contribution in [1.29, 1.82) is 0 Å². The average Bonchev–Trinajstić information content (AvgIpc) is 2.57. The van der Waals surface area contributed by atoms with E-state index in [0.29, 0.717) is 42.2 Å². The third-order valence-corrected chi connectivity index (χ3v) is 4.25. The fourth-order valence-corrected chi connectivity index (χ4v) is 2.81. The third-order valence-electron chi connectivity index (χ3n) is 3.56. The third kappa shape index (κ3) is 3.09. The number of hydrogen-bond donors (Lipinski definition) is 0. The highest BCUT2D eigenvalue weighted by Gasteiger charge is 2.24.